The molecule has 10 nitrogen and oxygen atoms in total. The van der Waals surface area contributed by atoms with Crippen LogP contribution < -0.4 is 48.3 Å². The van der Waals surface area contributed by atoms with E-state index in [-0.39, 0.29) is 83.1 Å². The number of ketones is 1. The smallest absolute Gasteiger partial charge is 1.00 e. The maximum atomic E-state index is 12.9. The van der Waals surface area contributed by atoms with Gasteiger partial charge in [0, 0.05) is 12.5 Å². The molecule has 0 spiro atoms. The number of carbonyl (C=O) groups is 1. The summed E-state index contributed by atoms with van der Waals surface area (Å²) in [5.41, 5.74) is 0.785. The molecule has 0 saturated heterocycles. The molecule has 0 amide bonds. The van der Waals surface area contributed by atoms with Crippen molar-refractivity contribution in [3.8, 4) is 23.0 Å². The molecule has 0 unspecified atom stereocenters. The summed E-state index contributed by atoms with van der Waals surface area (Å²) in [7, 11) is -7.04. The minimum atomic E-state index is -4.80. The number of phosphoric ester groups is 1. The third-order valence-corrected chi connectivity index (χ3v) is 6.45. The zero-order valence-corrected chi connectivity index (χ0v) is 22.1. The van der Waals surface area contributed by atoms with Crippen LogP contribution in [0.1, 0.15) is 37.1 Å². The maximum absolute atomic E-state index is 12.9. The zero-order chi connectivity index (χ0) is 23.5. The third kappa shape index (κ3) is 6.95. The van der Waals surface area contributed by atoms with Crippen LogP contribution >= 0.6 is 7.82 Å². The summed E-state index contributed by atoms with van der Waals surface area (Å²) in [5.74, 6) is -0.519. The average molecular weight is 510 g/mol. The molecule has 2 N–H and O–H groups in total. The zero-order valence-electron chi connectivity index (χ0n) is 19.4. The van der Waals surface area contributed by atoms with Crippen LogP contribution in [0.2, 0.25) is 0 Å². The van der Waals surface area contributed by atoms with E-state index in [0.29, 0.717) is 18.6 Å². The van der Waals surface area contributed by atoms with Gasteiger partial charge in [-0.05, 0) is 36.6 Å². The summed E-state index contributed by atoms with van der Waals surface area (Å²) >= 11 is 0. The summed E-state index contributed by atoms with van der Waals surface area (Å²) in [5, 5.41) is 0. The van der Waals surface area contributed by atoms with E-state index in [1.807, 2.05) is 6.92 Å². The van der Waals surface area contributed by atoms with Crippen molar-refractivity contribution in [1.29, 1.82) is 0 Å². The van der Waals surface area contributed by atoms with Gasteiger partial charge < -0.3 is 20.2 Å². The van der Waals surface area contributed by atoms with E-state index in [1.165, 1.54) is 31.4 Å². The van der Waals surface area contributed by atoms with E-state index in [2.05, 4.69) is 4.52 Å². The van der Waals surface area contributed by atoms with Crippen molar-refractivity contribution in [3.05, 3.63) is 41.5 Å². The van der Waals surface area contributed by atoms with E-state index in [4.69, 9.17) is 24.0 Å². The third-order valence-electron chi connectivity index (χ3n) is 4.60. The van der Waals surface area contributed by atoms with E-state index in [9.17, 15) is 17.8 Å². The first kappa shape index (κ1) is 27.7. The number of ether oxygens (including phenoxy) is 3. The molecule has 3 rings (SSSR count). The normalized spacial score (nSPS) is 13.9. The molecule has 176 valence electrons. The molecule has 0 saturated carbocycles. The van der Waals surface area contributed by atoms with Crippen LogP contribution in [0, 0.1) is 0 Å². The fourth-order valence-electron chi connectivity index (χ4n) is 3.12. The SMILES string of the molecule is CCCOc1cc2c(cc1C(=O)CCc1ccc(OC)c(OP(=O)(O)O)c1)OCS2(=O)=O.[H-].[Na+]. The van der Waals surface area contributed by atoms with Gasteiger partial charge in [0.1, 0.15) is 16.4 Å². The van der Waals surface area contributed by atoms with Gasteiger partial charge in [0.05, 0.1) is 19.3 Å². The number of aryl methyl sites for hydroxylation is 1. The number of fused-ring (bicyclic) bond motifs is 1. The quantitative estimate of drug-likeness (QED) is 0.255. The fourth-order valence-corrected chi connectivity index (χ4v) is 4.64. The second kappa shape index (κ2) is 11.2. The molecule has 0 radical (unpaired) electrons. The van der Waals surface area contributed by atoms with Crippen molar-refractivity contribution >= 4 is 23.4 Å². The molecule has 1 aliphatic heterocycles. The van der Waals surface area contributed by atoms with Gasteiger partial charge >= 0.3 is 37.4 Å². The largest absolute Gasteiger partial charge is 1.00 e. The first-order valence-corrected chi connectivity index (χ1v) is 12.8. The predicted octanol–water partition coefficient (Wildman–Crippen LogP) is 0.0111. The van der Waals surface area contributed by atoms with Crippen LogP contribution in [0.15, 0.2) is 35.2 Å². The molecular formula is C20H24NaO10PS. The minimum absolute atomic E-state index is 0. The van der Waals surface area contributed by atoms with Gasteiger partial charge in [0.15, 0.2) is 23.2 Å². The Kier molecular flexibility index (Phi) is 9.41. The molecule has 0 atom stereocenters. The van der Waals surface area contributed by atoms with Crippen molar-refractivity contribution in [1.82, 2.24) is 0 Å². The average Bonchev–Trinajstić information content (AvgIpc) is 3.02. The molecule has 0 aromatic heterocycles. The monoisotopic (exact) mass is 510 g/mol. The van der Waals surface area contributed by atoms with Gasteiger partial charge in [0.2, 0.25) is 9.84 Å². The van der Waals surface area contributed by atoms with Crippen LogP contribution in [0.3, 0.4) is 0 Å². The molecule has 0 bridgehead atoms. The van der Waals surface area contributed by atoms with Crippen LogP contribution in [0.5, 0.6) is 23.0 Å². The topological polar surface area (TPSA) is 146 Å². The first-order chi connectivity index (χ1) is 15.0. The summed E-state index contributed by atoms with van der Waals surface area (Å²) in [6.45, 7) is 2.19. The molecule has 1 heterocycles. The summed E-state index contributed by atoms with van der Waals surface area (Å²) in [6, 6.07) is 7.21. The van der Waals surface area contributed by atoms with Gasteiger partial charge in [0.25, 0.3) is 0 Å². The van der Waals surface area contributed by atoms with Gasteiger partial charge in [-0.15, -0.1) is 0 Å². The van der Waals surface area contributed by atoms with Crippen LogP contribution in [-0.4, -0.2) is 43.6 Å². The second-order valence-electron chi connectivity index (χ2n) is 7.01. The minimum Gasteiger partial charge on any atom is -1.00 e. The van der Waals surface area contributed by atoms with Gasteiger partial charge in [-0.1, -0.05) is 13.0 Å². The van der Waals surface area contributed by atoms with E-state index in [0.717, 1.165) is 0 Å². The Morgan fingerprint density at radius 1 is 1.18 bits per heavy atom. The Labute approximate surface area is 215 Å². The number of phosphoric acid groups is 1. The van der Waals surface area contributed by atoms with Gasteiger partial charge in [-0.25, -0.2) is 13.0 Å². The first-order valence-electron chi connectivity index (χ1n) is 9.65. The number of hydrogen-bond donors (Lipinski definition) is 2. The second-order valence-corrected chi connectivity index (χ2v) is 10.1. The van der Waals surface area contributed by atoms with Crippen molar-refractivity contribution in [2.24, 2.45) is 0 Å². The summed E-state index contributed by atoms with van der Waals surface area (Å²) in [4.78, 5) is 31.1. The molecule has 0 aliphatic carbocycles. The molecule has 2 aromatic carbocycles. The molecule has 2 aromatic rings. The Hall–Kier alpha value is -1.59. The van der Waals surface area contributed by atoms with Gasteiger partial charge in [-0.2, -0.15) is 0 Å². The van der Waals surface area contributed by atoms with Crippen LogP contribution in [0.25, 0.3) is 0 Å². The van der Waals surface area contributed by atoms with Crippen molar-refractivity contribution < 1.29 is 77.3 Å². The number of sulfone groups is 1. The van der Waals surface area contributed by atoms with Crippen molar-refractivity contribution in [2.75, 3.05) is 19.7 Å². The van der Waals surface area contributed by atoms with E-state index >= 15 is 0 Å². The van der Waals surface area contributed by atoms with Gasteiger partial charge in [-0.3, -0.25) is 14.6 Å². The molecular weight excluding hydrogens is 486 g/mol. The fraction of sp³-hybridized carbons (Fsp3) is 0.350. The summed E-state index contributed by atoms with van der Waals surface area (Å²) in [6.07, 6.45) is 0.918. The van der Waals surface area contributed by atoms with Crippen molar-refractivity contribution in [3.63, 3.8) is 0 Å². The van der Waals surface area contributed by atoms with Crippen LogP contribution in [-0.2, 0) is 20.8 Å². The summed E-state index contributed by atoms with van der Waals surface area (Å²) < 4.78 is 55.9. The number of Topliss-reactive ketones (excluding diaryl/α,β-unsaturated/α-hetero) is 1. The van der Waals surface area contributed by atoms with E-state index < -0.39 is 23.6 Å². The number of hydrogen-bond acceptors (Lipinski definition) is 8. The molecule has 0 fully saturated rings. The molecule has 33 heavy (non-hydrogen) atoms. The van der Waals surface area contributed by atoms with E-state index in [1.54, 1.807) is 6.07 Å². The predicted molar refractivity (Wildman–Crippen MR) is 114 cm³/mol. The number of benzene rings is 2. The van der Waals surface area contributed by atoms with Crippen LogP contribution in [0.4, 0.5) is 0 Å². The number of rotatable bonds is 10. The Morgan fingerprint density at radius 3 is 2.55 bits per heavy atom. The molecule has 1 aliphatic rings. The van der Waals surface area contributed by atoms with Crippen molar-refractivity contribution in [2.45, 2.75) is 31.1 Å². The standard InChI is InChI=1S/C20H23O10PS.Na.H/c1-3-8-28-17-11-20-19(29-12-32(20,25)26)10-14(17)15(21)6-4-13-5-7-16(27-2)18(9-13)30-31(22,23)24;;/h5,7,9-11H,3-4,6,8,12H2,1-2H3,(H2,22,23,24);;/q;+1;-1. The number of methoxy groups -OCH3 is 1. The Morgan fingerprint density at radius 2 is 1.91 bits per heavy atom. The number of carbonyl (C=O) groups excluding carboxylic acids is 1. The Balaban J connectivity index is 0.00000289. The maximum Gasteiger partial charge on any atom is 1.00 e. The Bertz CT molecular complexity index is 1180. The molecule has 13 heteroatoms.